The Morgan fingerprint density at radius 2 is 0.595 bits per heavy atom. The summed E-state index contributed by atoms with van der Waals surface area (Å²) in [4.78, 5) is 24.6. The highest BCUT2D eigenvalue weighted by molar-refractivity contribution is 5.76. The molecular formula is C78H147NO5. The number of nitrogens with one attached hydrogen (secondary N) is 1. The van der Waals surface area contributed by atoms with Gasteiger partial charge in [-0.05, 0) is 89.9 Å². The first-order valence-corrected chi connectivity index (χ1v) is 37.9. The Labute approximate surface area is 525 Å². The molecule has 2 atom stereocenters. The summed E-state index contributed by atoms with van der Waals surface area (Å²) in [5, 5.41) is 23.3. The highest BCUT2D eigenvalue weighted by atomic mass is 16.5. The molecule has 3 N–H and O–H groups in total. The van der Waals surface area contributed by atoms with Crippen LogP contribution in [0.5, 0.6) is 0 Å². The van der Waals surface area contributed by atoms with Crippen molar-refractivity contribution in [3.8, 4) is 0 Å². The third-order valence-corrected chi connectivity index (χ3v) is 17.6. The van der Waals surface area contributed by atoms with E-state index in [9.17, 15) is 19.8 Å². The van der Waals surface area contributed by atoms with E-state index in [-0.39, 0.29) is 18.5 Å². The molecule has 0 aliphatic carbocycles. The molecule has 6 nitrogen and oxygen atoms in total. The Morgan fingerprint density at radius 1 is 0.333 bits per heavy atom. The maximum atomic E-state index is 12.5. The molecule has 84 heavy (non-hydrogen) atoms. The van der Waals surface area contributed by atoms with Gasteiger partial charge in [-0.3, -0.25) is 9.59 Å². The highest BCUT2D eigenvalue weighted by Crippen LogP contribution is 2.19. The van der Waals surface area contributed by atoms with Crippen LogP contribution in [0, 0.1) is 0 Å². The Balaban J connectivity index is 3.38. The first-order valence-electron chi connectivity index (χ1n) is 37.9. The number of unbranched alkanes of at least 4 members (excludes halogenated alkanes) is 54. The third kappa shape index (κ3) is 68.9. The van der Waals surface area contributed by atoms with Gasteiger partial charge in [-0.25, -0.2) is 0 Å². The van der Waals surface area contributed by atoms with Crippen LogP contribution in [0.2, 0.25) is 0 Å². The van der Waals surface area contributed by atoms with Crippen LogP contribution in [0.25, 0.3) is 0 Å². The second-order valence-corrected chi connectivity index (χ2v) is 26.0. The monoisotopic (exact) mass is 1180 g/mol. The fourth-order valence-corrected chi connectivity index (χ4v) is 11.8. The van der Waals surface area contributed by atoms with E-state index in [2.05, 4.69) is 55.6 Å². The standard InChI is InChI=1S/C78H147NO5/c1-3-5-7-9-11-13-15-17-19-20-21-36-39-43-46-50-54-58-62-66-70-76(81)75(74-80)79-77(82)71-67-63-59-55-51-47-44-40-37-34-32-30-28-26-24-22-23-25-27-29-31-33-35-38-41-45-49-53-57-61-65-69-73-84-78(83)72-68-64-60-56-52-48-42-18-16-14-12-10-8-6-4-2/h12,14,18,25,27,42,66,70,75-76,80-81H,3-11,13,15-17,19-24,26,28-41,43-65,67-69,71-74H2,1-2H3,(H,79,82)/b14-12-,27-25-,42-18-,70-66+. The molecule has 0 aromatic rings. The van der Waals surface area contributed by atoms with Gasteiger partial charge in [0, 0.05) is 12.8 Å². The summed E-state index contributed by atoms with van der Waals surface area (Å²) >= 11 is 0. The van der Waals surface area contributed by atoms with Crippen molar-refractivity contribution in [1.82, 2.24) is 5.32 Å². The van der Waals surface area contributed by atoms with E-state index in [1.165, 1.54) is 334 Å². The summed E-state index contributed by atoms with van der Waals surface area (Å²) in [6.45, 7) is 4.91. The van der Waals surface area contributed by atoms with Crippen molar-refractivity contribution in [2.45, 2.75) is 424 Å². The molecule has 0 rings (SSSR count). The predicted molar refractivity (Wildman–Crippen MR) is 370 cm³/mol. The smallest absolute Gasteiger partial charge is 0.305 e. The van der Waals surface area contributed by atoms with Crippen LogP contribution in [-0.2, 0) is 14.3 Å². The largest absolute Gasteiger partial charge is 0.466 e. The Kier molecular flexibility index (Phi) is 71.4. The maximum Gasteiger partial charge on any atom is 0.305 e. The Morgan fingerprint density at radius 3 is 0.940 bits per heavy atom. The van der Waals surface area contributed by atoms with Gasteiger partial charge in [0.05, 0.1) is 25.4 Å². The number of hydrogen-bond donors (Lipinski definition) is 3. The molecular weight excluding hydrogens is 1030 g/mol. The molecule has 0 aromatic carbocycles. The van der Waals surface area contributed by atoms with Crippen molar-refractivity contribution in [2.75, 3.05) is 13.2 Å². The van der Waals surface area contributed by atoms with Crippen LogP contribution in [0.1, 0.15) is 412 Å². The molecule has 6 heteroatoms. The van der Waals surface area contributed by atoms with Crippen molar-refractivity contribution >= 4 is 11.9 Å². The van der Waals surface area contributed by atoms with Gasteiger partial charge < -0.3 is 20.3 Å². The molecule has 0 aliphatic rings. The van der Waals surface area contributed by atoms with E-state index in [0.717, 1.165) is 51.4 Å². The molecule has 0 radical (unpaired) electrons. The topological polar surface area (TPSA) is 95.9 Å². The highest BCUT2D eigenvalue weighted by Gasteiger charge is 2.18. The molecule has 2 unspecified atom stereocenters. The van der Waals surface area contributed by atoms with Crippen molar-refractivity contribution in [1.29, 1.82) is 0 Å². The van der Waals surface area contributed by atoms with Crippen molar-refractivity contribution in [2.24, 2.45) is 0 Å². The number of aliphatic hydroxyl groups is 2. The molecule has 0 aromatic heterocycles. The Hall–Kier alpha value is -2.18. The summed E-state index contributed by atoms with van der Waals surface area (Å²) in [5.41, 5.74) is 0. The van der Waals surface area contributed by atoms with Gasteiger partial charge in [0.1, 0.15) is 0 Å². The second kappa shape index (κ2) is 73.3. The van der Waals surface area contributed by atoms with E-state index in [1.807, 2.05) is 6.08 Å². The normalized spacial score (nSPS) is 12.8. The van der Waals surface area contributed by atoms with Gasteiger partial charge >= 0.3 is 5.97 Å². The molecule has 0 aliphatic heterocycles. The third-order valence-electron chi connectivity index (χ3n) is 17.6. The number of ether oxygens (including phenoxy) is 1. The summed E-state index contributed by atoms with van der Waals surface area (Å²) in [6, 6.07) is -0.627. The zero-order valence-electron chi connectivity index (χ0n) is 56.6. The van der Waals surface area contributed by atoms with Crippen LogP contribution >= 0.6 is 0 Å². The van der Waals surface area contributed by atoms with E-state index >= 15 is 0 Å². The van der Waals surface area contributed by atoms with Crippen LogP contribution in [0.4, 0.5) is 0 Å². The van der Waals surface area contributed by atoms with Gasteiger partial charge in [0.15, 0.2) is 0 Å². The minimum atomic E-state index is -0.844. The maximum absolute atomic E-state index is 12.5. The lowest BCUT2D eigenvalue weighted by atomic mass is 10.0. The number of carbonyl (C=O) groups excluding carboxylic acids is 2. The summed E-state index contributed by atoms with van der Waals surface area (Å²) in [7, 11) is 0. The van der Waals surface area contributed by atoms with E-state index < -0.39 is 12.1 Å². The van der Waals surface area contributed by atoms with E-state index in [1.54, 1.807) is 6.08 Å². The number of amides is 1. The lowest BCUT2D eigenvalue weighted by molar-refractivity contribution is -0.143. The fourth-order valence-electron chi connectivity index (χ4n) is 11.8. The number of hydrogen-bond acceptors (Lipinski definition) is 5. The SMILES string of the molecule is CCCCC/C=C\C/C=C\CCCCCCCC(=O)OCCCCCCCCCCCCCC/C=C\CCCCCCCCCCCCCCCCCCC(=O)NC(CO)C(O)/C=C/CCCCCCCCCCCCCCCCCCCC. The van der Waals surface area contributed by atoms with Crippen LogP contribution in [0.3, 0.4) is 0 Å². The first-order chi connectivity index (χ1) is 41.5. The zero-order chi connectivity index (χ0) is 60.6. The van der Waals surface area contributed by atoms with Crippen molar-refractivity contribution < 1.29 is 24.5 Å². The number of allylic oxidation sites excluding steroid dienone is 7. The molecule has 494 valence electrons. The molecule has 1 amide bonds. The van der Waals surface area contributed by atoms with Crippen LogP contribution in [-0.4, -0.2) is 47.4 Å². The van der Waals surface area contributed by atoms with E-state index in [4.69, 9.17) is 4.74 Å². The quantitative estimate of drug-likeness (QED) is 0.0320. The predicted octanol–water partition coefficient (Wildman–Crippen LogP) is 24.8. The number of aliphatic hydroxyl groups excluding tert-OH is 2. The summed E-state index contributed by atoms with van der Waals surface area (Å²) in [5.74, 6) is -0.0576. The number of carbonyl (C=O) groups is 2. The lowest BCUT2D eigenvalue weighted by Gasteiger charge is -2.20. The van der Waals surface area contributed by atoms with Crippen LogP contribution < -0.4 is 5.32 Å². The molecule has 0 saturated carbocycles. The Bertz CT molecular complexity index is 1400. The van der Waals surface area contributed by atoms with Gasteiger partial charge in [-0.2, -0.15) is 0 Å². The fraction of sp³-hybridized carbons (Fsp3) is 0.872. The molecule has 0 heterocycles. The minimum absolute atomic E-state index is 0.00416. The van der Waals surface area contributed by atoms with Crippen LogP contribution in [0.15, 0.2) is 48.6 Å². The van der Waals surface area contributed by atoms with Gasteiger partial charge in [0.2, 0.25) is 5.91 Å². The van der Waals surface area contributed by atoms with Gasteiger partial charge in [0.25, 0.3) is 0 Å². The molecule has 0 saturated heterocycles. The summed E-state index contributed by atoms with van der Waals surface area (Å²) in [6.07, 6.45) is 96.4. The van der Waals surface area contributed by atoms with Gasteiger partial charge in [-0.1, -0.05) is 358 Å². The van der Waals surface area contributed by atoms with Gasteiger partial charge in [-0.15, -0.1) is 0 Å². The first kappa shape index (κ1) is 81.8. The molecule has 0 spiro atoms. The minimum Gasteiger partial charge on any atom is -0.466 e. The lowest BCUT2D eigenvalue weighted by Crippen LogP contribution is -2.45. The molecule has 0 bridgehead atoms. The summed E-state index contributed by atoms with van der Waals surface area (Å²) < 4.78 is 5.49. The molecule has 0 fully saturated rings. The zero-order valence-corrected chi connectivity index (χ0v) is 56.6. The van der Waals surface area contributed by atoms with E-state index in [0.29, 0.717) is 19.4 Å². The van der Waals surface area contributed by atoms with Crippen molar-refractivity contribution in [3.63, 3.8) is 0 Å². The average Bonchev–Trinajstić information content (AvgIpc) is 3.51. The average molecular weight is 1180 g/mol. The second-order valence-electron chi connectivity index (χ2n) is 26.0. The number of rotatable bonds is 71. The number of esters is 1. The van der Waals surface area contributed by atoms with Crippen molar-refractivity contribution in [3.05, 3.63) is 48.6 Å².